The number of hydrogen-bond acceptors (Lipinski definition) is 4. The van der Waals surface area contributed by atoms with Gasteiger partial charge in [0.15, 0.2) is 12.6 Å². The van der Waals surface area contributed by atoms with E-state index in [0.717, 1.165) is 25.7 Å². The van der Waals surface area contributed by atoms with Crippen LogP contribution in [0.5, 0.6) is 0 Å². The third-order valence-corrected chi connectivity index (χ3v) is 8.86. The summed E-state index contributed by atoms with van der Waals surface area (Å²) in [5.41, 5.74) is 1.07. The third kappa shape index (κ3) is 5.24. The molecule has 0 aromatic rings. The van der Waals surface area contributed by atoms with Crippen molar-refractivity contribution >= 4 is 0 Å². The Morgan fingerprint density at radius 1 is 0.567 bits per heavy atom. The molecule has 2 heterocycles. The molecule has 0 radical (unpaired) electrons. The first kappa shape index (κ1) is 23.0. The maximum Gasteiger partial charge on any atom is 0.158 e. The molecule has 2 saturated carbocycles. The van der Waals surface area contributed by atoms with Gasteiger partial charge in [0.2, 0.25) is 0 Å². The Morgan fingerprint density at radius 2 is 0.900 bits per heavy atom. The van der Waals surface area contributed by atoms with Crippen molar-refractivity contribution in [3.8, 4) is 0 Å². The lowest BCUT2D eigenvalue weighted by Crippen LogP contribution is -2.40. The first-order valence-corrected chi connectivity index (χ1v) is 12.7. The van der Waals surface area contributed by atoms with E-state index in [4.69, 9.17) is 18.9 Å². The summed E-state index contributed by atoms with van der Waals surface area (Å²) < 4.78 is 25.6. The molecule has 4 rings (SSSR count). The summed E-state index contributed by atoms with van der Waals surface area (Å²) in [6, 6.07) is 0. The van der Waals surface area contributed by atoms with Crippen LogP contribution in [-0.2, 0) is 18.9 Å². The molecule has 2 aliphatic carbocycles. The summed E-state index contributed by atoms with van der Waals surface area (Å²) in [7, 11) is 0. The van der Waals surface area contributed by atoms with Gasteiger partial charge in [-0.05, 0) is 88.9 Å². The Balaban J connectivity index is 1.21. The van der Waals surface area contributed by atoms with Gasteiger partial charge in [-0.3, -0.25) is 0 Å². The summed E-state index contributed by atoms with van der Waals surface area (Å²) in [5.74, 6) is 0. The van der Waals surface area contributed by atoms with Crippen LogP contribution in [0.25, 0.3) is 0 Å². The normalized spacial score (nSPS) is 36.2. The molecule has 0 aromatic heterocycles. The van der Waals surface area contributed by atoms with Gasteiger partial charge < -0.3 is 18.9 Å². The molecule has 4 fully saturated rings. The molecule has 2 aliphatic heterocycles. The van der Waals surface area contributed by atoms with E-state index in [1.807, 2.05) is 0 Å². The summed E-state index contributed by atoms with van der Waals surface area (Å²) in [4.78, 5) is 0. The molecule has 174 valence electrons. The predicted molar refractivity (Wildman–Crippen MR) is 119 cm³/mol. The van der Waals surface area contributed by atoms with Crippen LogP contribution in [0.1, 0.15) is 119 Å². The van der Waals surface area contributed by atoms with E-state index in [2.05, 4.69) is 41.5 Å². The first-order valence-electron chi connectivity index (χ1n) is 12.7. The molecule has 4 unspecified atom stereocenters. The highest BCUT2D eigenvalue weighted by Gasteiger charge is 2.47. The maximum absolute atomic E-state index is 6.47. The highest BCUT2D eigenvalue weighted by Crippen LogP contribution is 2.49. The van der Waals surface area contributed by atoms with Crippen LogP contribution in [0.3, 0.4) is 0 Å². The Bertz CT molecular complexity index is 526. The second-order valence-electron chi connectivity index (χ2n) is 12.5. The van der Waals surface area contributed by atoms with Crippen LogP contribution < -0.4 is 0 Å². The smallest absolute Gasteiger partial charge is 0.158 e. The fraction of sp³-hybridized carbons (Fsp3) is 1.00. The van der Waals surface area contributed by atoms with Crippen molar-refractivity contribution < 1.29 is 18.9 Å². The van der Waals surface area contributed by atoms with Crippen molar-refractivity contribution in [2.45, 2.75) is 155 Å². The highest BCUT2D eigenvalue weighted by molar-refractivity contribution is 4.95. The molecule has 4 nitrogen and oxygen atoms in total. The van der Waals surface area contributed by atoms with E-state index in [1.165, 1.54) is 51.4 Å². The van der Waals surface area contributed by atoms with Gasteiger partial charge >= 0.3 is 0 Å². The first-order chi connectivity index (χ1) is 14.0. The van der Waals surface area contributed by atoms with E-state index in [-0.39, 0.29) is 36.0 Å². The highest BCUT2D eigenvalue weighted by atomic mass is 16.7. The van der Waals surface area contributed by atoms with Crippen molar-refractivity contribution in [2.24, 2.45) is 10.8 Å². The minimum absolute atomic E-state index is 0.00983. The third-order valence-electron chi connectivity index (χ3n) is 8.86. The summed E-state index contributed by atoms with van der Waals surface area (Å²) in [6.45, 7) is 13.8. The Labute approximate surface area is 184 Å². The predicted octanol–water partition coefficient (Wildman–Crippen LogP) is 6.75. The van der Waals surface area contributed by atoms with Crippen molar-refractivity contribution in [1.29, 1.82) is 0 Å². The second kappa shape index (κ2) is 8.32. The van der Waals surface area contributed by atoms with Crippen molar-refractivity contribution in [2.75, 3.05) is 0 Å². The van der Waals surface area contributed by atoms with Crippen LogP contribution in [0.2, 0.25) is 0 Å². The summed E-state index contributed by atoms with van der Waals surface area (Å²) in [5, 5.41) is 0. The molecule has 2 spiro atoms. The van der Waals surface area contributed by atoms with Gasteiger partial charge in [-0.1, -0.05) is 27.7 Å². The minimum atomic E-state index is -0.0799. The van der Waals surface area contributed by atoms with E-state index in [1.54, 1.807) is 0 Å². The average molecular weight is 423 g/mol. The molecule has 0 N–H and O–H groups in total. The van der Waals surface area contributed by atoms with Gasteiger partial charge in [0.1, 0.15) is 0 Å². The topological polar surface area (TPSA) is 36.9 Å². The number of ether oxygens (including phenoxy) is 4. The van der Waals surface area contributed by atoms with Crippen LogP contribution >= 0.6 is 0 Å². The van der Waals surface area contributed by atoms with Crippen molar-refractivity contribution in [3.05, 3.63) is 0 Å². The average Bonchev–Trinajstić information content (AvgIpc) is 3.26. The zero-order chi connectivity index (χ0) is 21.6. The van der Waals surface area contributed by atoms with Gasteiger partial charge in [-0.15, -0.1) is 0 Å². The van der Waals surface area contributed by atoms with Crippen LogP contribution in [0, 0.1) is 10.8 Å². The van der Waals surface area contributed by atoms with E-state index < -0.39 is 0 Å². The largest absolute Gasteiger partial charge is 0.347 e. The fourth-order valence-electron chi connectivity index (χ4n) is 5.95. The van der Waals surface area contributed by atoms with Crippen LogP contribution in [0.4, 0.5) is 0 Å². The van der Waals surface area contributed by atoms with Crippen LogP contribution in [-0.4, -0.2) is 36.0 Å². The Hall–Kier alpha value is -0.160. The Kier molecular flexibility index (Phi) is 6.38. The number of rotatable bonds is 5. The molecule has 0 amide bonds. The monoisotopic (exact) mass is 422 g/mol. The van der Waals surface area contributed by atoms with E-state index in [0.29, 0.717) is 10.8 Å². The zero-order valence-electron chi connectivity index (χ0n) is 20.4. The van der Waals surface area contributed by atoms with Gasteiger partial charge in [0, 0.05) is 12.8 Å². The minimum Gasteiger partial charge on any atom is -0.347 e. The fourth-order valence-corrected chi connectivity index (χ4v) is 5.95. The molecule has 0 bridgehead atoms. The second-order valence-corrected chi connectivity index (χ2v) is 12.5. The van der Waals surface area contributed by atoms with E-state index >= 15 is 0 Å². The van der Waals surface area contributed by atoms with Gasteiger partial charge in [0.05, 0.1) is 23.4 Å². The molecular formula is C26H46O4. The van der Waals surface area contributed by atoms with E-state index in [9.17, 15) is 0 Å². The lowest BCUT2D eigenvalue weighted by molar-refractivity contribution is -0.246. The lowest BCUT2D eigenvalue weighted by Gasteiger charge is -2.41. The zero-order valence-corrected chi connectivity index (χ0v) is 20.4. The summed E-state index contributed by atoms with van der Waals surface area (Å²) >= 11 is 0. The number of hydrogen-bond donors (Lipinski definition) is 0. The van der Waals surface area contributed by atoms with Gasteiger partial charge in [0.25, 0.3) is 0 Å². The molecule has 0 aromatic carbocycles. The quantitative estimate of drug-likeness (QED) is 0.491. The SMILES string of the molecule is CC(OC1CCC2(CCC(C)(C)CC2)O1)C(C)OC1CCC2(CCC(C)(C)CC2)O1. The molecule has 4 heteroatoms. The summed E-state index contributed by atoms with van der Waals surface area (Å²) in [6.07, 6.45) is 13.9. The molecular weight excluding hydrogens is 376 g/mol. The van der Waals surface area contributed by atoms with Crippen molar-refractivity contribution in [1.82, 2.24) is 0 Å². The van der Waals surface area contributed by atoms with Gasteiger partial charge in [-0.25, -0.2) is 0 Å². The Morgan fingerprint density at radius 3 is 1.23 bits per heavy atom. The maximum atomic E-state index is 6.47. The molecule has 2 saturated heterocycles. The van der Waals surface area contributed by atoms with Crippen LogP contribution in [0.15, 0.2) is 0 Å². The molecule has 30 heavy (non-hydrogen) atoms. The van der Waals surface area contributed by atoms with Crippen molar-refractivity contribution in [3.63, 3.8) is 0 Å². The molecule has 4 aliphatic rings. The lowest BCUT2D eigenvalue weighted by atomic mass is 9.70. The van der Waals surface area contributed by atoms with Gasteiger partial charge in [-0.2, -0.15) is 0 Å². The standard InChI is InChI=1S/C26H46O4/c1-19(27-21-7-9-25(29-21)15-11-23(3,4)12-16-25)20(2)28-22-8-10-26(30-22)17-13-24(5,6)14-18-26/h19-22H,7-18H2,1-6H3. The molecule has 4 atom stereocenters.